The first-order valence-electron chi connectivity index (χ1n) is 11.7. The molecule has 3 amide bonds. The third-order valence-corrected chi connectivity index (χ3v) is 6.35. The number of carbonyl (C=O) groups excluding carboxylic acids is 3. The van der Waals surface area contributed by atoms with Crippen LogP contribution in [0.25, 0.3) is 10.8 Å². The summed E-state index contributed by atoms with van der Waals surface area (Å²) < 4.78 is 0. The Morgan fingerprint density at radius 1 is 0.865 bits per heavy atom. The minimum atomic E-state index is -0.394. The molecule has 9 heteroatoms. The van der Waals surface area contributed by atoms with Gasteiger partial charge in [0.05, 0.1) is 17.2 Å². The number of aromatic nitrogens is 1. The van der Waals surface area contributed by atoms with Gasteiger partial charge in [-0.3, -0.25) is 35.1 Å². The van der Waals surface area contributed by atoms with Gasteiger partial charge in [0.25, 0.3) is 17.7 Å². The van der Waals surface area contributed by atoms with Crippen molar-refractivity contribution in [2.24, 2.45) is 0 Å². The van der Waals surface area contributed by atoms with Gasteiger partial charge in [-0.05, 0) is 59.9 Å². The van der Waals surface area contributed by atoms with E-state index in [1.54, 1.807) is 48.8 Å². The Balaban J connectivity index is 1.26. The normalized spacial score (nSPS) is 13.2. The summed E-state index contributed by atoms with van der Waals surface area (Å²) in [4.78, 5) is 43.8. The zero-order valence-corrected chi connectivity index (χ0v) is 20.5. The summed E-state index contributed by atoms with van der Waals surface area (Å²) in [5.41, 5.74) is 7.59. The van der Waals surface area contributed by atoms with Crippen LogP contribution in [-0.2, 0) is 6.42 Å². The fourth-order valence-corrected chi connectivity index (χ4v) is 4.53. The van der Waals surface area contributed by atoms with Gasteiger partial charge in [-0.15, -0.1) is 0 Å². The summed E-state index contributed by atoms with van der Waals surface area (Å²) in [6, 6.07) is 23.2. The Kier molecular flexibility index (Phi) is 6.87. The van der Waals surface area contributed by atoms with E-state index in [0.717, 1.165) is 16.3 Å². The molecule has 3 aromatic carbocycles. The average Bonchev–Trinajstić information content (AvgIpc) is 3.17. The molecule has 2 heterocycles. The van der Waals surface area contributed by atoms with Crippen molar-refractivity contribution in [3.63, 3.8) is 0 Å². The van der Waals surface area contributed by atoms with Gasteiger partial charge in [0.1, 0.15) is 0 Å². The van der Waals surface area contributed by atoms with E-state index in [9.17, 15) is 14.4 Å². The van der Waals surface area contributed by atoms with Gasteiger partial charge in [-0.25, -0.2) is 0 Å². The van der Waals surface area contributed by atoms with E-state index in [0.29, 0.717) is 23.1 Å². The fraction of sp³-hybridized carbons (Fsp3) is 0.107. The molecule has 1 aliphatic rings. The first-order chi connectivity index (χ1) is 18.0. The molecule has 5 rings (SSSR count). The standard InChI is InChI=1S/C28H23N5O3S/c34-25(20-10-11-21-16-29-13-12-19(21)15-20)31-32-28(37)30-22(14-18-6-2-1-3-7-18)17-33-26(35)23-8-4-5-9-24(23)27(33)36/h1-13,15-16,22H,14,17H2,(H,31,34)(H2,30,32,37)/t22-/m0/s1. The zero-order valence-electron chi connectivity index (χ0n) is 19.7. The third-order valence-electron chi connectivity index (χ3n) is 6.13. The van der Waals surface area contributed by atoms with Crippen LogP contribution in [0.15, 0.2) is 91.3 Å². The van der Waals surface area contributed by atoms with Crippen LogP contribution in [-0.4, -0.2) is 45.3 Å². The highest BCUT2D eigenvalue weighted by Crippen LogP contribution is 2.23. The van der Waals surface area contributed by atoms with Crippen LogP contribution in [0.3, 0.4) is 0 Å². The maximum absolute atomic E-state index is 12.9. The molecule has 0 unspecified atom stereocenters. The number of fused-ring (bicyclic) bond motifs is 2. The second-order valence-electron chi connectivity index (χ2n) is 8.64. The molecule has 0 aliphatic carbocycles. The van der Waals surface area contributed by atoms with E-state index in [2.05, 4.69) is 21.2 Å². The second kappa shape index (κ2) is 10.5. The Labute approximate surface area is 218 Å². The van der Waals surface area contributed by atoms with Gasteiger partial charge >= 0.3 is 0 Å². The third kappa shape index (κ3) is 5.31. The number of imide groups is 1. The first kappa shape index (κ1) is 24.1. The predicted molar refractivity (Wildman–Crippen MR) is 144 cm³/mol. The maximum Gasteiger partial charge on any atom is 0.269 e. The molecule has 4 aromatic rings. The molecule has 0 saturated carbocycles. The molecule has 1 aliphatic heterocycles. The van der Waals surface area contributed by atoms with Crippen molar-refractivity contribution >= 4 is 45.8 Å². The number of hydrogen-bond donors (Lipinski definition) is 3. The van der Waals surface area contributed by atoms with E-state index in [-0.39, 0.29) is 29.4 Å². The molecular weight excluding hydrogens is 486 g/mol. The minimum Gasteiger partial charge on any atom is -0.356 e. The number of hydrogen-bond acceptors (Lipinski definition) is 5. The highest BCUT2D eigenvalue weighted by Gasteiger charge is 2.36. The van der Waals surface area contributed by atoms with Crippen LogP contribution in [0.5, 0.6) is 0 Å². The average molecular weight is 510 g/mol. The highest BCUT2D eigenvalue weighted by atomic mass is 32.1. The largest absolute Gasteiger partial charge is 0.356 e. The van der Waals surface area contributed by atoms with Gasteiger partial charge in [0, 0.05) is 29.9 Å². The lowest BCUT2D eigenvalue weighted by atomic mass is 10.1. The number of rotatable bonds is 6. The monoisotopic (exact) mass is 509 g/mol. The Bertz CT molecular complexity index is 1470. The number of nitrogens with one attached hydrogen (secondary N) is 3. The summed E-state index contributed by atoms with van der Waals surface area (Å²) in [6.07, 6.45) is 3.90. The molecule has 0 bridgehead atoms. The topological polar surface area (TPSA) is 103 Å². The van der Waals surface area contributed by atoms with Crippen molar-refractivity contribution in [3.05, 3.63) is 114 Å². The second-order valence-corrected chi connectivity index (χ2v) is 9.05. The molecule has 0 radical (unpaired) electrons. The van der Waals surface area contributed by atoms with Crippen molar-refractivity contribution in [2.45, 2.75) is 12.5 Å². The van der Waals surface area contributed by atoms with Crippen molar-refractivity contribution in [2.75, 3.05) is 6.54 Å². The smallest absolute Gasteiger partial charge is 0.269 e. The lowest BCUT2D eigenvalue weighted by molar-refractivity contribution is 0.0641. The minimum absolute atomic E-state index is 0.107. The summed E-state index contributed by atoms with van der Waals surface area (Å²) in [6.45, 7) is 0.107. The quantitative estimate of drug-likeness (QED) is 0.208. The van der Waals surface area contributed by atoms with E-state index in [1.807, 2.05) is 42.5 Å². The van der Waals surface area contributed by atoms with Crippen LogP contribution >= 0.6 is 12.2 Å². The number of nitrogens with zero attached hydrogens (tertiary/aromatic N) is 2. The SMILES string of the molecule is O=C(NNC(=S)N[C@@H](Cc1ccccc1)CN1C(=O)c2ccccc2C1=O)c1ccc2cnccc2c1. The number of thiocarbonyl (C=S) groups is 1. The molecule has 0 saturated heterocycles. The highest BCUT2D eigenvalue weighted by molar-refractivity contribution is 7.80. The van der Waals surface area contributed by atoms with Crippen molar-refractivity contribution in [3.8, 4) is 0 Å². The van der Waals surface area contributed by atoms with Crippen LogP contribution in [0.4, 0.5) is 0 Å². The molecule has 37 heavy (non-hydrogen) atoms. The fourth-order valence-electron chi connectivity index (χ4n) is 4.32. The molecule has 1 atom stereocenters. The Morgan fingerprint density at radius 2 is 1.57 bits per heavy atom. The number of amides is 3. The van der Waals surface area contributed by atoms with E-state index < -0.39 is 6.04 Å². The molecule has 0 spiro atoms. The van der Waals surface area contributed by atoms with Crippen LogP contribution in [0, 0.1) is 0 Å². The molecule has 1 aromatic heterocycles. The number of hydrazine groups is 1. The molecular formula is C28H23N5O3S. The van der Waals surface area contributed by atoms with E-state index in [1.165, 1.54) is 4.90 Å². The number of benzene rings is 3. The lowest BCUT2D eigenvalue weighted by Crippen LogP contribution is -2.53. The van der Waals surface area contributed by atoms with Crippen LogP contribution in [0.2, 0.25) is 0 Å². The van der Waals surface area contributed by atoms with Crippen molar-refractivity contribution in [1.29, 1.82) is 0 Å². The zero-order chi connectivity index (χ0) is 25.8. The summed E-state index contributed by atoms with van der Waals surface area (Å²) in [5, 5.41) is 5.14. The van der Waals surface area contributed by atoms with Crippen LogP contribution < -0.4 is 16.2 Å². The maximum atomic E-state index is 12.9. The van der Waals surface area contributed by atoms with Gasteiger partial charge < -0.3 is 5.32 Å². The van der Waals surface area contributed by atoms with Gasteiger partial charge in [-0.1, -0.05) is 48.5 Å². The molecule has 8 nitrogen and oxygen atoms in total. The lowest BCUT2D eigenvalue weighted by Gasteiger charge is -2.25. The number of carbonyl (C=O) groups is 3. The summed E-state index contributed by atoms with van der Waals surface area (Å²) in [5.74, 6) is -1.03. The van der Waals surface area contributed by atoms with E-state index in [4.69, 9.17) is 12.2 Å². The Morgan fingerprint density at radius 3 is 2.30 bits per heavy atom. The van der Waals surface area contributed by atoms with Gasteiger partial charge in [0.2, 0.25) is 0 Å². The molecule has 184 valence electrons. The predicted octanol–water partition coefficient (Wildman–Crippen LogP) is 3.25. The molecule has 0 fully saturated rings. The van der Waals surface area contributed by atoms with Crippen molar-refractivity contribution < 1.29 is 14.4 Å². The van der Waals surface area contributed by atoms with Gasteiger partial charge in [0.15, 0.2) is 5.11 Å². The summed E-state index contributed by atoms with van der Waals surface area (Å²) >= 11 is 5.43. The Hall–Kier alpha value is -4.63. The van der Waals surface area contributed by atoms with Crippen molar-refractivity contribution in [1.82, 2.24) is 26.1 Å². The summed E-state index contributed by atoms with van der Waals surface area (Å²) in [7, 11) is 0. The van der Waals surface area contributed by atoms with Gasteiger partial charge in [-0.2, -0.15) is 0 Å². The molecule has 3 N–H and O–H groups in total. The van der Waals surface area contributed by atoms with E-state index >= 15 is 0 Å². The first-order valence-corrected chi connectivity index (χ1v) is 12.1. The number of pyridine rings is 1. The van der Waals surface area contributed by atoms with Crippen LogP contribution in [0.1, 0.15) is 36.6 Å².